The number of benzene rings is 1. The van der Waals surface area contributed by atoms with Crippen LogP contribution in [-0.4, -0.2) is 67.9 Å². The predicted molar refractivity (Wildman–Crippen MR) is 120 cm³/mol. The minimum Gasteiger partial charge on any atom is -0.482 e. The highest BCUT2D eigenvalue weighted by Crippen LogP contribution is 2.48. The van der Waals surface area contributed by atoms with Gasteiger partial charge in [0, 0.05) is 7.11 Å². The molecule has 1 aromatic carbocycles. The molecule has 2 aliphatic carbocycles. The Hall–Kier alpha value is -2.16. The highest BCUT2D eigenvalue weighted by Gasteiger charge is 2.45. The quantitative estimate of drug-likeness (QED) is 0.339. The summed E-state index contributed by atoms with van der Waals surface area (Å²) in [5, 5.41) is 19.8. The van der Waals surface area contributed by atoms with Gasteiger partial charge in [0.2, 0.25) is 0 Å². The number of aliphatic hydroxyl groups excluding tert-OH is 1. The number of fused-ring (bicyclic) bond motifs is 2. The van der Waals surface area contributed by atoms with E-state index < -0.39 is 5.97 Å². The fourth-order valence-electron chi connectivity index (χ4n) is 5.32. The Kier molecular flexibility index (Phi) is 9.52. The molecule has 0 radical (unpaired) electrons. The molecule has 0 aliphatic heterocycles. The molecule has 1 saturated carbocycles. The third-order valence-electron chi connectivity index (χ3n) is 6.92. The fourth-order valence-corrected chi connectivity index (χ4v) is 5.32. The van der Waals surface area contributed by atoms with Gasteiger partial charge in [-0.2, -0.15) is 0 Å². The molecule has 0 heterocycles. The summed E-state index contributed by atoms with van der Waals surface area (Å²) in [5.41, 5.74) is 2.24. The van der Waals surface area contributed by atoms with E-state index in [0.717, 1.165) is 31.2 Å². The molecule has 5 atom stereocenters. The number of carboxylic acid groups (broad SMARTS) is 1. The van der Waals surface area contributed by atoms with Crippen molar-refractivity contribution in [2.24, 2.45) is 17.8 Å². The van der Waals surface area contributed by atoms with Crippen LogP contribution in [0, 0.1) is 17.8 Å². The molecule has 8 heteroatoms. The first-order valence-corrected chi connectivity index (χ1v) is 11.8. The summed E-state index contributed by atoms with van der Waals surface area (Å²) in [5.74, 6) is 0.111. The molecular weight excluding hydrogens is 428 g/mol. The Labute approximate surface area is 195 Å². The molecule has 33 heavy (non-hydrogen) atoms. The van der Waals surface area contributed by atoms with E-state index in [-0.39, 0.29) is 37.3 Å². The zero-order chi connectivity index (χ0) is 23.8. The van der Waals surface area contributed by atoms with Crippen molar-refractivity contribution in [1.29, 1.82) is 0 Å². The van der Waals surface area contributed by atoms with Gasteiger partial charge in [-0.15, -0.1) is 0 Å². The first-order chi connectivity index (χ1) is 15.9. The maximum Gasteiger partial charge on any atom is 0.341 e. The number of esters is 1. The SMILES string of the molecule is CC[C@@H](CC[C@@H]1[C@H]2Cc3cccc(OCC(=O)O)c3C[C@H]2C[C@H]1O)OC(=O)COCCOC. The number of aliphatic carboxylic acids is 1. The van der Waals surface area contributed by atoms with Crippen molar-refractivity contribution in [1.82, 2.24) is 0 Å². The summed E-state index contributed by atoms with van der Waals surface area (Å²) in [6, 6.07) is 5.79. The second-order valence-corrected chi connectivity index (χ2v) is 9.02. The molecule has 8 nitrogen and oxygen atoms in total. The molecule has 0 saturated heterocycles. The van der Waals surface area contributed by atoms with Crippen LogP contribution in [0.5, 0.6) is 5.75 Å². The Bertz CT molecular complexity index is 795. The maximum atomic E-state index is 12.0. The van der Waals surface area contributed by atoms with E-state index in [2.05, 4.69) is 6.07 Å². The Morgan fingerprint density at radius 2 is 2.00 bits per heavy atom. The first-order valence-electron chi connectivity index (χ1n) is 11.8. The fraction of sp³-hybridized carbons (Fsp3) is 0.680. The van der Waals surface area contributed by atoms with Crippen molar-refractivity contribution in [2.75, 3.05) is 33.5 Å². The Balaban J connectivity index is 1.56. The summed E-state index contributed by atoms with van der Waals surface area (Å²) in [4.78, 5) is 22.9. The standard InChI is InChI=1S/C25H36O8/c1-3-18(33-25(29)15-31-10-9-30-2)7-8-19-20-11-16-5-4-6-23(32-14-24(27)28)21(16)12-17(20)13-22(19)26/h4-6,17-20,22,26H,3,7-15H2,1-2H3,(H,27,28)/t17-,18-,19+,20-,22+/m0/s1. The van der Waals surface area contributed by atoms with Crippen LogP contribution >= 0.6 is 0 Å². The monoisotopic (exact) mass is 464 g/mol. The summed E-state index contributed by atoms with van der Waals surface area (Å²) in [6.45, 7) is 2.34. The zero-order valence-corrected chi connectivity index (χ0v) is 19.5. The van der Waals surface area contributed by atoms with Crippen molar-refractivity contribution in [3.05, 3.63) is 29.3 Å². The maximum absolute atomic E-state index is 12.0. The van der Waals surface area contributed by atoms with E-state index in [9.17, 15) is 14.7 Å². The second-order valence-electron chi connectivity index (χ2n) is 9.02. The lowest BCUT2D eigenvalue weighted by atomic mass is 9.73. The summed E-state index contributed by atoms with van der Waals surface area (Å²) in [6.07, 6.45) is 4.00. The first kappa shape index (κ1) is 25.5. The molecule has 1 aromatic rings. The molecule has 2 N–H and O–H groups in total. The van der Waals surface area contributed by atoms with Crippen molar-refractivity contribution in [2.45, 2.75) is 57.7 Å². The van der Waals surface area contributed by atoms with Crippen molar-refractivity contribution >= 4 is 11.9 Å². The van der Waals surface area contributed by atoms with E-state index in [1.807, 2.05) is 19.1 Å². The number of hydrogen-bond donors (Lipinski definition) is 2. The molecule has 0 bridgehead atoms. The summed E-state index contributed by atoms with van der Waals surface area (Å²) in [7, 11) is 1.58. The Morgan fingerprint density at radius 1 is 1.18 bits per heavy atom. The molecular formula is C25H36O8. The van der Waals surface area contributed by atoms with Crippen LogP contribution in [0.4, 0.5) is 0 Å². The highest BCUT2D eigenvalue weighted by molar-refractivity contribution is 5.70. The third kappa shape index (κ3) is 6.91. The van der Waals surface area contributed by atoms with Gasteiger partial charge in [-0.3, -0.25) is 0 Å². The van der Waals surface area contributed by atoms with Gasteiger partial charge in [-0.25, -0.2) is 9.59 Å². The highest BCUT2D eigenvalue weighted by atomic mass is 16.6. The smallest absolute Gasteiger partial charge is 0.341 e. The number of hydrogen-bond acceptors (Lipinski definition) is 7. The van der Waals surface area contributed by atoms with Gasteiger partial charge in [0.25, 0.3) is 0 Å². The van der Waals surface area contributed by atoms with Crippen LogP contribution in [0.15, 0.2) is 18.2 Å². The molecule has 0 unspecified atom stereocenters. The van der Waals surface area contributed by atoms with E-state index in [4.69, 9.17) is 24.1 Å². The van der Waals surface area contributed by atoms with Crippen LogP contribution in [0.3, 0.4) is 0 Å². The largest absolute Gasteiger partial charge is 0.482 e. The van der Waals surface area contributed by atoms with Gasteiger partial charge in [0.1, 0.15) is 18.5 Å². The molecule has 1 fully saturated rings. The molecule has 0 amide bonds. The number of carbonyl (C=O) groups is 2. The third-order valence-corrected chi connectivity index (χ3v) is 6.92. The van der Waals surface area contributed by atoms with Gasteiger partial charge in [0.15, 0.2) is 6.61 Å². The lowest BCUT2D eigenvalue weighted by Crippen LogP contribution is -2.29. The van der Waals surface area contributed by atoms with Crippen LogP contribution in [0.2, 0.25) is 0 Å². The predicted octanol–water partition coefficient (Wildman–Crippen LogP) is 2.63. The minimum atomic E-state index is -0.995. The number of methoxy groups -OCH3 is 1. The van der Waals surface area contributed by atoms with E-state index in [1.165, 1.54) is 5.56 Å². The van der Waals surface area contributed by atoms with Gasteiger partial charge >= 0.3 is 11.9 Å². The molecule has 184 valence electrons. The molecule has 2 aliphatic rings. The molecule has 0 spiro atoms. The lowest BCUT2D eigenvalue weighted by molar-refractivity contribution is -0.155. The van der Waals surface area contributed by atoms with E-state index >= 15 is 0 Å². The number of carboxylic acids is 1. The topological polar surface area (TPSA) is 112 Å². The normalized spacial score (nSPS) is 24.6. The lowest BCUT2D eigenvalue weighted by Gasteiger charge is -2.32. The van der Waals surface area contributed by atoms with Gasteiger partial charge < -0.3 is 29.2 Å². The minimum absolute atomic E-state index is 0.0837. The average molecular weight is 465 g/mol. The van der Waals surface area contributed by atoms with Gasteiger partial charge in [-0.05, 0) is 73.5 Å². The van der Waals surface area contributed by atoms with Gasteiger partial charge in [-0.1, -0.05) is 19.1 Å². The van der Waals surface area contributed by atoms with Crippen LogP contribution in [0.1, 0.15) is 43.7 Å². The number of aliphatic hydroxyl groups is 1. The van der Waals surface area contributed by atoms with Crippen LogP contribution < -0.4 is 4.74 Å². The van der Waals surface area contributed by atoms with Crippen LogP contribution in [-0.2, 0) is 36.6 Å². The summed E-state index contributed by atoms with van der Waals surface area (Å²) >= 11 is 0. The van der Waals surface area contributed by atoms with Crippen LogP contribution in [0.25, 0.3) is 0 Å². The average Bonchev–Trinajstić information content (AvgIpc) is 3.10. The van der Waals surface area contributed by atoms with Gasteiger partial charge in [0.05, 0.1) is 19.3 Å². The second kappa shape index (κ2) is 12.3. The van der Waals surface area contributed by atoms with Crippen molar-refractivity contribution in [3.8, 4) is 5.75 Å². The number of rotatable bonds is 13. The zero-order valence-electron chi connectivity index (χ0n) is 19.5. The van der Waals surface area contributed by atoms with Crippen molar-refractivity contribution in [3.63, 3.8) is 0 Å². The molecule has 0 aromatic heterocycles. The summed E-state index contributed by atoms with van der Waals surface area (Å²) < 4.78 is 21.2. The van der Waals surface area contributed by atoms with E-state index in [0.29, 0.717) is 43.6 Å². The van der Waals surface area contributed by atoms with Crippen molar-refractivity contribution < 1.29 is 38.7 Å². The van der Waals surface area contributed by atoms with E-state index in [1.54, 1.807) is 7.11 Å². The number of ether oxygens (including phenoxy) is 4. The molecule has 3 rings (SSSR count). The Morgan fingerprint density at radius 3 is 2.73 bits per heavy atom. The number of carbonyl (C=O) groups excluding carboxylic acids is 1.